The SMILES string of the molecule is CCNC(=NCC(C)Sc1ccccc1)NC1CC1C. The molecule has 1 aliphatic rings. The molecule has 3 unspecified atom stereocenters. The van der Waals surface area contributed by atoms with E-state index in [2.05, 4.69) is 61.7 Å². The van der Waals surface area contributed by atoms with Crippen molar-refractivity contribution in [3.63, 3.8) is 0 Å². The monoisotopic (exact) mass is 291 g/mol. The molecule has 0 aromatic heterocycles. The minimum absolute atomic E-state index is 0.476. The second-order valence-electron chi connectivity index (χ2n) is 5.42. The van der Waals surface area contributed by atoms with Gasteiger partial charge in [-0.1, -0.05) is 32.0 Å². The topological polar surface area (TPSA) is 36.4 Å². The fourth-order valence-electron chi connectivity index (χ4n) is 2.01. The van der Waals surface area contributed by atoms with Crippen molar-refractivity contribution in [2.24, 2.45) is 10.9 Å². The Morgan fingerprint density at radius 3 is 2.70 bits per heavy atom. The quantitative estimate of drug-likeness (QED) is 0.480. The van der Waals surface area contributed by atoms with Gasteiger partial charge in [-0.3, -0.25) is 4.99 Å². The lowest BCUT2D eigenvalue weighted by Gasteiger charge is -2.13. The first-order valence-corrected chi connectivity index (χ1v) is 8.33. The summed E-state index contributed by atoms with van der Waals surface area (Å²) < 4.78 is 0. The molecule has 4 heteroatoms. The van der Waals surface area contributed by atoms with Gasteiger partial charge in [-0.05, 0) is 31.4 Å². The van der Waals surface area contributed by atoms with Crippen LogP contribution in [0.1, 0.15) is 27.2 Å². The number of aliphatic imine (C=N–C) groups is 1. The Labute approximate surface area is 126 Å². The average molecular weight is 291 g/mol. The molecule has 3 atom stereocenters. The van der Waals surface area contributed by atoms with Gasteiger partial charge in [-0.15, -0.1) is 11.8 Å². The molecule has 1 aromatic rings. The predicted molar refractivity (Wildman–Crippen MR) is 88.4 cm³/mol. The van der Waals surface area contributed by atoms with Crippen LogP contribution in [0, 0.1) is 5.92 Å². The lowest BCUT2D eigenvalue weighted by atomic mass is 10.4. The molecular formula is C16H25N3S. The summed E-state index contributed by atoms with van der Waals surface area (Å²) in [7, 11) is 0. The highest BCUT2D eigenvalue weighted by atomic mass is 32.2. The molecule has 1 saturated carbocycles. The normalized spacial score (nSPS) is 23.2. The molecule has 1 aromatic carbocycles. The van der Waals surface area contributed by atoms with Crippen LogP contribution in [0.25, 0.3) is 0 Å². The second kappa shape index (κ2) is 7.58. The van der Waals surface area contributed by atoms with Crippen LogP contribution < -0.4 is 10.6 Å². The van der Waals surface area contributed by atoms with Gasteiger partial charge in [-0.25, -0.2) is 0 Å². The number of nitrogens with zero attached hydrogens (tertiary/aromatic N) is 1. The lowest BCUT2D eigenvalue weighted by Crippen LogP contribution is -2.39. The minimum Gasteiger partial charge on any atom is -0.357 e. The van der Waals surface area contributed by atoms with Crippen molar-refractivity contribution in [2.75, 3.05) is 13.1 Å². The van der Waals surface area contributed by atoms with Crippen LogP contribution in [-0.2, 0) is 0 Å². The number of nitrogens with one attached hydrogen (secondary N) is 2. The van der Waals surface area contributed by atoms with E-state index in [9.17, 15) is 0 Å². The summed E-state index contributed by atoms with van der Waals surface area (Å²) in [5, 5.41) is 7.29. The second-order valence-corrected chi connectivity index (χ2v) is 6.94. The molecule has 2 rings (SSSR count). The van der Waals surface area contributed by atoms with Gasteiger partial charge < -0.3 is 10.6 Å². The fourth-order valence-corrected chi connectivity index (χ4v) is 2.94. The minimum atomic E-state index is 0.476. The van der Waals surface area contributed by atoms with Crippen LogP contribution in [0.3, 0.4) is 0 Å². The Morgan fingerprint density at radius 1 is 1.40 bits per heavy atom. The molecule has 0 saturated heterocycles. The first-order valence-electron chi connectivity index (χ1n) is 7.45. The maximum Gasteiger partial charge on any atom is 0.191 e. The van der Waals surface area contributed by atoms with Crippen molar-refractivity contribution >= 4 is 17.7 Å². The standard InChI is InChI=1S/C16H25N3S/c1-4-17-16(19-15-10-12(15)2)18-11-13(3)20-14-8-6-5-7-9-14/h5-9,12-13,15H,4,10-11H2,1-3H3,(H2,17,18,19). The Kier molecular flexibility index (Phi) is 5.77. The Morgan fingerprint density at radius 2 is 2.10 bits per heavy atom. The third-order valence-electron chi connectivity index (χ3n) is 3.36. The molecule has 0 bridgehead atoms. The first kappa shape index (κ1) is 15.2. The van der Waals surface area contributed by atoms with Crippen LogP contribution in [-0.4, -0.2) is 30.3 Å². The van der Waals surface area contributed by atoms with E-state index < -0.39 is 0 Å². The summed E-state index contributed by atoms with van der Waals surface area (Å²) >= 11 is 1.88. The molecule has 0 amide bonds. The Bertz CT molecular complexity index is 433. The Balaban J connectivity index is 1.81. The van der Waals surface area contributed by atoms with E-state index in [0.717, 1.165) is 25.0 Å². The molecule has 0 spiro atoms. The highest BCUT2D eigenvalue weighted by molar-refractivity contribution is 8.00. The Hall–Kier alpha value is -1.16. The van der Waals surface area contributed by atoms with E-state index in [-0.39, 0.29) is 0 Å². The molecule has 1 fully saturated rings. The number of rotatable bonds is 6. The summed E-state index contributed by atoms with van der Waals surface area (Å²) in [5.41, 5.74) is 0. The summed E-state index contributed by atoms with van der Waals surface area (Å²) in [6.07, 6.45) is 1.26. The first-order chi connectivity index (χ1) is 9.69. The van der Waals surface area contributed by atoms with E-state index in [1.165, 1.54) is 11.3 Å². The van der Waals surface area contributed by atoms with Gasteiger partial charge in [0.25, 0.3) is 0 Å². The average Bonchev–Trinajstić information content (AvgIpc) is 3.13. The number of hydrogen-bond acceptors (Lipinski definition) is 2. The van der Waals surface area contributed by atoms with Crippen LogP contribution in [0.2, 0.25) is 0 Å². The maximum absolute atomic E-state index is 4.70. The van der Waals surface area contributed by atoms with Crippen molar-refractivity contribution in [3.8, 4) is 0 Å². The number of benzene rings is 1. The third kappa shape index (κ3) is 5.08. The molecule has 110 valence electrons. The van der Waals surface area contributed by atoms with Crippen LogP contribution in [0.4, 0.5) is 0 Å². The molecule has 20 heavy (non-hydrogen) atoms. The van der Waals surface area contributed by atoms with Gasteiger partial charge in [0.2, 0.25) is 0 Å². The van der Waals surface area contributed by atoms with Crippen molar-refractivity contribution in [2.45, 2.75) is 43.4 Å². The molecule has 2 N–H and O–H groups in total. The smallest absolute Gasteiger partial charge is 0.191 e. The van der Waals surface area contributed by atoms with Crippen LogP contribution in [0.15, 0.2) is 40.2 Å². The summed E-state index contributed by atoms with van der Waals surface area (Å²) in [4.78, 5) is 6.01. The molecule has 1 aliphatic carbocycles. The van der Waals surface area contributed by atoms with E-state index in [4.69, 9.17) is 4.99 Å². The molecule has 0 aliphatic heterocycles. The third-order valence-corrected chi connectivity index (χ3v) is 4.46. The highest BCUT2D eigenvalue weighted by Gasteiger charge is 2.33. The number of hydrogen-bond donors (Lipinski definition) is 2. The molecule has 3 nitrogen and oxygen atoms in total. The van der Waals surface area contributed by atoms with E-state index >= 15 is 0 Å². The predicted octanol–water partition coefficient (Wildman–Crippen LogP) is 3.13. The largest absolute Gasteiger partial charge is 0.357 e. The van der Waals surface area contributed by atoms with Crippen molar-refractivity contribution in [1.82, 2.24) is 10.6 Å². The van der Waals surface area contributed by atoms with Gasteiger partial charge in [0, 0.05) is 22.7 Å². The summed E-state index contributed by atoms with van der Waals surface area (Å²) in [6.45, 7) is 8.35. The van der Waals surface area contributed by atoms with Gasteiger partial charge in [-0.2, -0.15) is 0 Å². The fraction of sp³-hybridized carbons (Fsp3) is 0.562. The van der Waals surface area contributed by atoms with E-state index in [1.54, 1.807) is 0 Å². The summed E-state index contributed by atoms with van der Waals surface area (Å²) in [6, 6.07) is 11.1. The zero-order chi connectivity index (χ0) is 14.4. The number of guanidine groups is 1. The summed E-state index contributed by atoms with van der Waals surface area (Å²) in [5.74, 6) is 1.75. The lowest BCUT2D eigenvalue weighted by molar-refractivity contribution is 0.764. The van der Waals surface area contributed by atoms with Crippen LogP contribution >= 0.6 is 11.8 Å². The maximum atomic E-state index is 4.70. The zero-order valence-electron chi connectivity index (χ0n) is 12.6. The van der Waals surface area contributed by atoms with Crippen molar-refractivity contribution in [3.05, 3.63) is 30.3 Å². The molecule has 0 heterocycles. The number of thioether (sulfide) groups is 1. The van der Waals surface area contributed by atoms with Crippen molar-refractivity contribution in [1.29, 1.82) is 0 Å². The van der Waals surface area contributed by atoms with Gasteiger partial charge >= 0.3 is 0 Å². The van der Waals surface area contributed by atoms with Crippen molar-refractivity contribution < 1.29 is 0 Å². The van der Waals surface area contributed by atoms with Gasteiger partial charge in [0.05, 0.1) is 6.54 Å². The zero-order valence-corrected chi connectivity index (χ0v) is 13.4. The van der Waals surface area contributed by atoms with E-state index in [1.807, 2.05) is 11.8 Å². The molecule has 0 radical (unpaired) electrons. The van der Waals surface area contributed by atoms with Gasteiger partial charge in [0.15, 0.2) is 5.96 Å². The van der Waals surface area contributed by atoms with Crippen LogP contribution in [0.5, 0.6) is 0 Å². The van der Waals surface area contributed by atoms with Gasteiger partial charge in [0.1, 0.15) is 0 Å². The van der Waals surface area contributed by atoms with E-state index in [0.29, 0.717) is 11.3 Å². The highest BCUT2D eigenvalue weighted by Crippen LogP contribution is 2.28. The molecular weight excluding hydrogens is 266 g/mol.